The van der Waals surface area contributed by atoms with Gasteiger partial charge in [0.1, 0.15) is 0 Å². The van der Waals surface area contributed by atoms with Gasteiger partial charge in [0, 0.05) is 31.6 Å². The van der Waals surface area contributed by atoms with E-state index in [2.05, 4.69) is 29.6 Å². The molecule has 1 aliphatic rings. The Balaban J connectivity index is 0.00000131. The van der Waals surface area contributed by atoms with Crippen LogP contribution in [-0.4, -0.2) is 40.3 Å². The molecule has 0 atom stereocenters. The summed E-state index contributed by atoms with van der Waals surface area (Å²) in [6.45, 7) is 6.77. The van der Waals surface area contributed by atoms with Crippen LogP contribution in [0.2, 0.25) is 0 Å². The van der Waals surface area contributed by atoms with Crippen LogP contribution in [0.1, 0.15) is 30.2 Å². The average Bonchev–Trinajstić information content (AvgIpc) is 3.21. The molecule has 0 unspecified atom stereocenters. The van der Waals surface area contributed by atoms with Gasteiger partial charge in [-0.25, -0.2) is 9.67 Å². The van der Waals surface area contributed by atoms with Crippen molar-refractivity contribution in [2.75, 3.05) is 19.6 Å². The van der Waals surface area contributed by atoms with E-state index in [9.17, 15) is 4.79 Å². The molecule has 1 saturated heterocycles. The van der Waals surface area contributed by atoms with Gasteiger partial charge in [-0.15, -0.1) is 36.2 Å². The highest BCUT2D eigenvalue weighted by molar-refractivity contribution is 7.13. The van der Waals surface area contributed by atoms with Crippen molar-refractivity contribution < 1.29 is 4.79 Å². The van der Waals surface area contributed by atoms with Crippen molar-refractivity contribution >= 4 is 53.1 Å². The van der Waals surface area contributed by atoms with E-state index >= 15 is 0 Å². The minimum Gasteiger partial charge on any atom is -0.352 e. The van der Waals surface area contributed by atoms with E-state index < -0.39 is 0 Å². The lowest BCUT2D eigenvalue weighted by Crippen LogP contribution is -2.48. The normalized spacial score (nSPS) is 13.7. The van der Waals surface area contributed by atoms with Crippen LogP contribution in [0.3, 0.4) is 0 Å². The lowest BCUT2D eigenvalue weighted by molar-refractivity contribution is 0.0944. The molecule has 0 spiro atoms. The third-order valence-electron chi connectivity index (χ3n) is 4.49. The second-order valence-corrected chi connectivity index (χ2v) is 7.63. The predicted molar refractivity (Wildman–Crippen MR) is 114 cm³/mol. The number of halogens is 2. The maximum Gasteiger partial charge on any atom is 0.252 e. The topological polar surface area (TPSA) is 71.8 Å². The fourth-order valence-corrected chi connectivity index (χ4v) is 3.65. The van der Waals surface area contributed by atoms with Crippen LogP contribution in [0.5, 0.6) is 0 Å². The Morgan fingerprint density at radius 2 is 2.19 bits per heavy atom. The first-order chi connectivity index (χ1) is 12.1. The Bertz CT molecular complexity index is 906. The van der Waals surface area contributed by atoms with Gasteiger partial charge in [0.15, 0.2) is 5.65 Å². The molecule has 27 heavy (non-hydrogen) atoms. The number of carbonyl (C=O) groups excluding carboxylic acids is 1. The smallest absolute Gasteiger partial charge is 0.252 e. The maximum absolute atomic E-state index is 12.8. The SMILES string of the molecule is CC(C)n1ncc2c(C(=O)NCC3CNC3)cc(-c3cccs3)nc21.Cl.Cl. The zero-order valence-electron chi connectivity index (χ0n) is 15.1. The molecule has 3 aromatic rings. The predicted octanol–water partition coefficient (Wildman–Crippen LogP) is 3.53. The number of nitrogens with one attached hydrogen (secondary N) is 2. The molecule has 9 heteroatoms. The number of hydrogen-bond donors (Lipinski definition) is 2. The largest absolute Gasteiger partial charge is 0.352 e. The quantitative estimate of drug-likeness (QED) is 0.652. The first-order valence-electron chi connectivity index (χ1n) is 8.54. The Kier molecular flexibility index (Phi) is 7.22. The number of rotatable bonds is 5. The molecule has 146 valence electrons. The van der Waals surface area contributed by atoms with Crippen molar-refractivity contribution in [3.05, 3.63) is 35.3 Å². The molecule has 4 rings (SSSR count). The fraction of sp³-hybridized carbons (Fsp3) is 0.389. The molecule has 1 aliphatic heterocycles. The number of nitrogens with zero attached hydrogens (tertiary/aromatic N) is 3. The van der Waals surface area contributed by atoms with Gasteiger partial charge in [-0.1, -0.05) is 6.07 Å². The molecule has 0 bridgehead atoms. The van der Waals surface area contributed by atoms with Crippen LogP contribution in [0.25, 0.3) is 21.6 Å². The van der Waals surface area contributed by atoms with E-state index in [1.165, 1.54) is 0 Å². The highest BCUT2D eigenvalue weighted by Gasteiger charge is 2.21. The summed E-state index contributed by atoms with van der Waals surface area (Å²) < 4.78 is 1.87. The van der Waals surface area contributed by atoms with Crippen molar-refractivity contribution in [1.82, 2.24) is 25.4 Å². The van der Waals surface area contributed by atoms with Gasteiger partial charge in [-0.2, -0.15) is 5.10 Å². The highest BCUT2D eigenvalue weighted by atomic mass is 35.5. The lowest BCUT2D eigenvalue weighted by Gasteiger charge is -2.27. The van der Waals surface area contributed by atoms with Gasteiger partial charge in [0.2, 0.25) is 0 Å². The summed E-state index contributed by atoms with van der Waals surface area (Å²) in [6, 6.07) is 6.08. The van der Waals surface area contributed by atoms with Crippen molar-refractivity contribution in [1.29, 1.82) is 0 Å². The van der Waals surface area contributed by atoms with E-state index in [0.717, 1.165) is 34.7 Å². The molecule has 0 aromatic carbocycles. The third kappa shape index (κ3) is 4.27. The van der Waals surface area contributed by atoms with Crippen molar-refractivity contribution in [3.63, 3.8) is 0 Å². The zero-order valence-corrected chi connectivity index (χ0v) is 17.6. The van der Waals surface area contributed by atoms with Crippen LogP contribution >= 0.6 is 36.2 Å². The van der Waals surface area contributed by atoms with Crippen LogP contribution in [0.15, 0.2) is 29.8 Å². The molecule has 1 amide bonds. The summed E-state index contributed by atoms with van der Waals surface area (Å²) in [4.78, 5) is 18.6. The highest BCUT2D eigenvalue weighted by Crippen LogP contribution is 2.28. The maximum atomic E-state index is 12.8. The monoisotopic (exact) mass is 427 g/mol. The minimum atomic E-state index is -0.0552. The summed E-state index contributed by atoms with van der Waals surface area (Å²) in [5.41, 5.74) is 2.23. The molecule has 3 aromatic heterocycles. The Labute approximate surface area is 174 Å². The summed E-state index contributed by atoms with van der Waals surface area (Å²) in [6.07, 6.45) is 1.75. The third-order valence-corrected chi connectivity index (χ3v) is 5.38. The summed E-state index contributed by atoms with van der Waals surface area (Å²) in [5.74, 6) is 0.469. The van der Waals surface area contributed by atoms with E-state index in [-0.39, 0.29) is 36.8 Å². The van der Waals surface area contributed by atoms with Crippen molar-refractivity contribution in [2.24, 2.45) is 5.92 Å². The molecule has 4 heterocycles. The molecule has 0 aliphatic carbocycles. The summed E-state index contributed by atoms with van der Waals surface area (Å²) in [7, 11) is 0. The average molecular weight is 428 g/mol. The van der Waals surface area contributed by atoms with Crippen LogP contribution < -0.4 is 10.6 Å². The Morgan fingerprint density at radius 1 is 1.41 bits per heavy atom. The zero-order chi connectivity index (χ0) is 17.4. The first-order valence-corrected chi connectivity index (χ1v) is 9.42. The molecule has 2 N–H and O–H groups in total. The van der Waals surface area contributed by atoms with E-state index in [4.69, 9.17) is 4.98 Å². The molecule has 0 radical (unpaired) electrons. The van der Waals surface area contributed by atoms with Gasteiger partial charge in [-0.3, -0.25) is 4.79 Å². The van der Waals surface area contributed by atoms with E-state index in [0.29, 0.717) is 18.0 Å². The molecule has 1 fully saturated rings. The summed E-state index contributed by atoms with van der Waals surface area (Å²) in [5, 5.41) is 13.6. The second kappa shape index (κ2) is 9.01. The van der Waals surface area contributed by atoms with Crippen LogP contribution in [-0.2, 0) is 0 Å². The van der Waals surface area contributed by atoms with Crippen LogP contribution in [0.4, 0.5) is 0 Å². The number of carbonyl (C=O) groups is 1. The van der Waals surface area contributed by atoms with Gasteiger partial charge in [-0.05, 0) is 31.4 Å². The molecular formula is C18H23Cl2N5OS. The minimum absolute atomic E-state index is 0. The number of fused-ring (bicyclic) bond motifs is 1. The molecule has 0 saturated carbocycles. The van der Waals surface area contributed by atoms with E-state index in [1.807, 2.05) is 28.3 Å². The second-order valence-electron chi connectivity index (χ2n) is 6.69. The number of amides is 1. The number of thiophene rings is 1. The Hall–Kier alpha value is -1.67. The number of hydrogen-bond acceptors (Lipinski definition) is 5. The first kappa shape index (κ1) is 21.6. The summed E-state index contributed by atoms with van der Waals surface area (Å²) >= 11 is 1.62. The van der Waals surface area contributed by atoms with Crippen molar-refractivity contribution in [3.8, 4) is 10.6 Å². The standard InChI is InChI=1S/C18H21N5OS.2ClH/c1-11(2)23-17-14(10-21-23)13(18(24)20-9-12-7-19-8-12)6-15(22-17)16-4-3-5-25-16;;/h3-6,10-12,19H,7-9H2,1-2H3,(H,20,24);2*1H. The van der Waals surface area contributed by atoms with Crippen molar-refractivity contribution in [2.45, 2.75) is 19.9 Å². The molecule has 6 nitrogen and oxygen atoms in total. The van der Waals surface area contributed by atoms with Gasteiger partial charge in [0.25, 0.3) is 5.91 Å². The van der Waals surface area contributed by atoms with Gasteiger partial charge >= 0.3 is 0 Å². The molecular weight excluding hydrogens is 405 g/mol. The lowest BCUT2D eigenvalue weighted by atomic mass is 10.0. The van der Waals surface area contributed by atoms with Gasteiger partial charge < -0.3 is 10.6 Å². The van der Waals surface area contributed by atoms with Gasteiger partial charge in [0.05, 0.1) is 27.7 Å². The number of aromatic nitrogens is 3. The van der Waals surface area contributed by atoms with E-state index in [1.54, 1.807) is 17.5 Å². The van der Waals surface area contributed by atoms with Crippen LogP contribution in [0, 0.1) is 5.92 Å². The number of pyridine rings is 1. The fourth-order valence-electron chi connectivity index (χ4n) is 2.96. The Morgan fingerprint density at radius 3 is 2.78 bits per heavy atom.